The molecule has 1 aliphatic carbocycles. The Kier molecular flexibility index (Phi) is 5.99. The Hall–Kier alpha value is -3.77. The van der Waals surface area contributed by atoms with Gasteiger partial charge in [-0.3, -0.25) is 9.59 Å². The van der Waals surface area contributed by atoms with E-state index in [-0.39, 0.29) is 11.7 Å². The van der Waals surface area contributed by atoms with Gasteiger partial charge in [-0.05, 0) is 66.6 Å². The first-order valence-corrected chi connectivity index (χ1v) is 11.8. The third-order valence-corrected chi connectivity index (χ3v) is 7.18. The predicted octanol–water partition coefficient (Wildman–Crippen LogP) is 6.20. The minimum atomic E-state index is -0.487. The van der Waals surface area contributed by atoms with Crippen molar-refractivity contribution in [2.45, 2.75) is 12.8 Å². The summed E-state index contributed by atoms with van der Waals surface area (Å²) in [5.74, 6) is 0.143. The highest BCUT2D eigenvalue weighted by molar-refractivity contribution is 8.08. The normalized spacial score (nSPS) is 20.8. The van der Waals surface area contributed by atoms with Crippen LogP contribution >= 0.6 is 11.8 Å². The summed E-state index contributed by atoms with van der Waals surface area (Å²) in [7, 11) is 1.61. The fourth-order valence-electron chi connectivity index (χ4n) is 4.50. The van der Waals surface area contributed by atoms with E-state index in [1.807, 2.05) is 73.7 Å². The maximum atomic E-state index is 13.7. The number of hydrogen-bond donors (Lipinski definition) is 1. The molecule has 1 amide bonds. The summed E-state index contributed by atoms with van der Waals surface area (Å²) < 4.78 is 10.9. The molecule has 6 heteroatoms. The third kappa shape index (κ3) is 4.13. The van der Waals surface area contributed by atoms with Gasteiger partial charge in [0.05, 0.1) is 24.2 Å². The summed E-state index contributed by atoms with van der Waals surface area (Å²) in [5.41, 5.74) is 2.99. The predicted molar refractivity (Wildman–Crippen MR) is 134 cm³/mol. The molecule has 0 spiro atoms. The van der Waals surface area contributed by atoms with Crippen LogP contribution in [0.3, 0.4) is 0 Å². The molecule has 1 aliphatic heterocycles. The van der Waals surface area contributed by atoms with Gasteiger partial charge in [0.25, 0.3) is 5.91 Å². The van der Waals surface area contributed by atoms with Gasteiger partial charge in [0.1, 0.15) is 11.5 Å². The minimum absolute atomic E-state index is 0.0158. The summed E-state index contributed by atoms with van der Waals surface area (Å²) >= 11 is 1.45. The van der Waals surface area contributed by atoms with Crippen molar-refractivity contribution in [1.29, 1.82) is 0 Å². The van der Waals surface area contributed by atoms with Crippen LogP contribution in [0, 0.1) is 5.92 Å². The number of ketones is 1. The number of rotatable bonds is 5. The Morgan fingerprint density at radius 1 is 1.06 bits per heavy atom. The van der Waals surface area contributed by atoms with E-state index in [4.69, 9.17) is 9.15 Å². The zero-order valence-corrected chi connectivity index (χ0v) is 19.6. The number of nitrogens with one attached hydrogen (secondary N) is 1. The Bertz CT molecular complexity index is 1340. The van der Waals surface area contributed by atoms with Gasteiger partial charge in [0.15, 0.2) is 5.78 Å². The number of furan rings is 1. The van der Waals surface area contributed by atoms with Gasteiger partial charge in [-0.15, -0.1) is 0 Å². The molecule has 0 saturated carbocycles. The van der Waals surface area contributed by atoms with E-state index in [0.717, 1.165) is 16.0 Å². The molecule has 3 aromatic rings. The average Bonchev–Trinajstić information content (AvgIpc) is 3.47. The molecule has 34 heavy (non-hydrogen) atoms. The van der Waals surface area contributed by atoms with Crippen LogP contribution < -0.4 is 10.1 Å². The lowest BCUT2D eigenvalue weighted by Gasteiger charge is -2.30. The highest BCUT2D eigenvalue weighted by atomic mass is 32.2. The number of methoxy groups -OCH3 is 1. The maximum absolute atomic E-state index is 13.7. The SMILES string of the molecule is COc1cccc(C2C(C(=O)Nc3ccccc3)=C(C)C=C3S/C(=C/c4ccco4)C(=O)C32)c1. The van der Waals surface area contributed by atoms with E-state index in [0.29, 0.717) is 27.7 Å². The molecule has 2 unspecified atom stereocenters. The number of carbonyl (C=O) groups is 2. The van der Waals surface area contributed by atoms with Crippen molar-refractivity contribution in [3.63, 3.8) is 0 Å². The molecular formula is C28H23NO4S. The molecule has 2 aliphatic rings. The molecule has 1 fully saturated rings. The molecule has 2 atom stereocenters. The summed E-state index contributed by atoms with van der Waals surface area (Å²) in [6.45, 7) is 1.93. The van der Waals surface area contributed by atoms with E-state index in [1.165, 1.54) is 11.8 Å². The molecule has 0 bridgehead atoms. The number of amides is 1. The van der Waals surface area contributed by atoms with Crippen LogP contribution in [-0.2, 0) is 9.59 Å². The van der Waals surface area contributed by atoms with Crippen LogP contribution in [0.25, 0.3) is 6.08 Å². The van der Waals surface area contributed by atoms with Crippen molar-refractivity contribution in [3.8, 4) is 5.75 Å². The number of carbonyl (C=O) groups excluding carboxylic acids is 2. The molecule has 1 saturated heterocycles. The molecule has 5 nitrogen and oxygen atoms in total. The number of Topliss-reactive ketones (excluding diaryl/α,β-unsaturated/α-hetero) is 1. The lowest BCUT2D eigenvalue weighted by Crippen LogP contribution is -2.30. The first kappa shape index (κ1) is 22.0. The van der Waals surface area contributed by atoms with Crippen LogP contribution in [0.4, 0.5) is 5.69 Å². The Balaban J connectivity index is 1.59. The molecule has 5 rings (SSSR count). The second kappa shape index (κ2) is 9.23. The average molecular weight is 470 g/mol. The highest BCUT2D eigenvalue weighted by Gasteiger charge is 2.46. The second-order valence-corrected chi connectivity index (χ2v) is 9.30. The number of thioether (sulfide) groups is 1. The number of allylic oxidation sites excluding steroid dienone is 4. The lowest BCUT2D eigenvalue weighted by molar-refractivity contribution is -0.117. The highest BCUT2D eigenvalue weighted by Crippen LogP contribution is 2.54. The van der Waals surface area contributed by atoms with E-state index in [1.54, 1.807) is 25.5 Å². The summed E-state index contributed by atoms with van der Waals surface area (Å²) in [4.78, 5) is 28.8. The van der Waals surface area contributed by atoms with Gasteiger partial charge in [0, 0.05) is 22.1 Å². The maximum Gasteiger partial charge on any atom is 0.252 e. The summed E-state index contributed by atoms with van der Waals surface area (Å²) in [6, 6.07) is 20.6. The Morgan fingerprint density at radius 2 is 1.88 bits per heavy atom. The van der Waals surface area contributed by atoms with Gasteiger partial charge in [-0.1, -0.05) is 42.1 Å². The van der Waals surface area contributed by atoms with Gasteiger partial charge in [-0.25, -0.2) is 0 Å². The van der Waals surface area contributed by atoms with E-state index < -0.39 is 11.8 Å². The molecular weight excluding hydrogens is 446 g/mol. The molecule has 1 aromatic heterocycles. The fourth-order valence-corrected chi connectivity index (χ4v) is 5.76. The van der Waals surface area contributed by atoms with Crippen molar-refractivity contribution in [3.05, 3.63) is 111 Å². The minimum Gasteiger partial charge on any atom is -0.497 e. The number of para-hydroxylation sites is 1. The zero-order chi connectivity index (χ0) is 23.7. The van der Waals surface area contributed by atoms with Gasteiger partial charge >= 0.3 is 0 Å². The van der Waals surface area contributed by atoms with Crippen molar-refractivity contribution < 1.29 is 18.7 Å². The largest absolute Gasteiger partial charge is 0.497 e. The quantitative estimate of drug-likeness (QED) is 0.451. The van der Waals surface area contributed by atoms with Crippen LogP contribution in [0.1, 0.15) is 24.2 Å². The van der Waals surface area contributed by atoms with Crippen LogP contribution in [-0.4, -0.2) is 18.8 Å². The first-order chi connectivity index (χ1) is 16.5. The van der Waals surface area contributed by atoms with Crippen molar-refractivity contribution in [2.24, 2.45) is 5.92 Å². The first-order valence-electron chi connectivity index (χ1n) is 10.9. The number of hydrogen-bond acceptors (Lipinski definition) is 5. The van der Waals surface area contributed by atoms with Crippen LogP contribution in [0.15, 0.2) is 104 Å². The Labute approximate surface area is 202 Å². The lowest BCUT2D eigenvalue weighted by atomic mass is 9.73. The fraction of sp³-hybridized carbons (Fsp3) is 0.143. The molecule has 2 heterocycles. The topological polar surface area (TPSA) is 68.5 Å². The van der Waals surface area contributed by atoms with Crippen LogP contribution in [0.5, 0.6) is 5.75 Å². The van der Waals surface area contributed by atoms with Gasteiger partial charge in [-0.2, -0.15) is 0 Å². The summed E-state index contributed by atoms with van der Waals surface area (Å²) in [5, 5.41) is 3.01. The van der Waals surface area contributed by atoms with E-state index >= 15 is 0 Å². The molecule has 1 N–H and O–H groups in total. The number of ether oxygens (including phenoxy) is 1. The second-order valence-electron chi connectivity index (χ2n) is 8.19. The van der Waals surface area contributed by atoms with Crippen molar-refractivity contribution >= 4 is 35.2 Å². The monoisotopic (exact) mass is 469 g/mol. The smallest absolute Gasteiger partial charge is 0.252 e. The number of anilines is 1. The van der Waals surface area contributed by atoms with Gasteiger partial charge < -0.3 is 14.5 Å². The molecule has 2 aromatic carbocycles. The molecule has 0 radical (unpaired) electrons. The van der Waals surface area contributed by atoms with E-state index in [2.05, 4.69) is 5.32 Å². The van der Waals surface area contributed by atoms with Crippen LogP contribution in [0.2, 0.25) is 0 Å². The van der Waals surface area contributed by atoms with E-state index in [9.17, 15) is 9.59 Å². The van der Waals surface area contributed by atoms with Crippen molar-refractivity contribution in [1.82, 2.24) is 0 Å². The van der Waals surface area contributed by atoms with Crippen molar-refractivity contribution in [2.75, 3.05) is 12.4 Å². The third-order valence-electron chi connectivity index (χ3n) is 6.03. The number of fused-ring (bicyclic) bond motifs is 1. The van der Waals surface area contributed by atoms with Gasteiger partial charge in [0.2, 0.25) is 0 Å². The summed E-state index contributed by atoms with van der Waals surface area (Å²) in [6.07, 6.45) is 5.32. The number of benzene rings is 2. The molecule has 170 valence electrons. The zero-order valence-electron chi connectivity index (χ0n) is 18.8. The Morgan fingerprint density at radius 3 is 2.62 bits per heavy atom. The standard InChI is InChI=1S/C28H23NO4S/c1-17-14-22-26(27(30)23(34-22)16-21-12-7-13-33-21)25(18-8-6-11-20(15-18)32-2)24(17)28(31)29-19-9-4-3-5-10-19/h3-16,25-26H,1-2H3,(H,29,31)/b23-16+.